The van der Waals surface area contributed by atoms with Crippen LogP contribution in [0.3, 0.4) is 0 Å². The topological polar surface area (TPSA) is 107 Å². The summed E-state index contributed by atoms with van der Waals surface area (Å²) in [7, 11) is 1.52. The van der Waals surface area contributed by atoms with Crippen LogP contribution in [0.4, 0.5) is 17.3 Å². The van der Waals surface area contributed by atoms with Gasteiger partial charge in [-0.05, 0) is 38.1 Å². The van der Waals surface area contributed by atoms with Crippen molar-refractivity contribution in [3.8, 4) is 11.5 Å². The maximum atomic E-state index is 12.8. The molecule has 0 spiro atoms. The van der Waals surface area contributed by atoms with Crippen molar-refractivity contribution < 1.29 is 19.1 Å². The van der Waals surface area contributed by atoms with Crippen LogP contribution in [0.25, 0.3) is 0 Å². The fourth-order valence-corrected chi connectivity index (χ4v) is 2.73. The lowest BCUT2D eigenvalue weighted by Crippen LogP contribution is -2.53. The van der Waals surface area contributed by atoms with Gasteiger partial charge in [0.05, 0.1) is 12.8 Å². The molecule has 0 radical (unpaired) electrons. The first-order valence-electron chi connectivity index (χ1n) is 8.12. The van der Waals surface area contributed by atoms with Crippen molar-refractivity contribution in [1.82, 2.24) is 4.98 Å². The maximum absolute atomic E-state index is 12.8. The number of amides is 2. The van der Waals surface area contributed by atoms with Gasteiger partial charge < -0.3 is 20.5 Å². The van der Waals surface area contributed by atoms with E-state index in [1.165, 1.54) is 12.0 Å². The van der Waals surface area contributed by atoms with Gasteiger partial charge in [0.1, 0.15) is 17.6 Å². The zero-order chi connectivity index (χ0) is 18.8. The number of aromatic nitrogens is 1. The van der Waals surface area contributed by atoms with Gasteiger partial charge in [-0.1, -0.05) is 12.1 Å². The van der Waals surface area contributed by atoms with Gasteiger partial charge >= 0.3 is 0 Å². The molecule has 3 rings (SSSR count). The quantitative estimate of drug-likeness (QED) is 0.865. The Morgan fingerprint density at radius 1 is 1.35 bits per heavy atom. The first-order valence-corrected chi connectivity index (χ1v) is 8.12. The lowest BCUT2D eigenvalue weighted by atomic mass is 10.1. The van der Waals surface area contributed by atoms with Crippen molar-refractivity contribution in [2.45, 2.75) is 26.0 Å². The highest BCUT2D eigenvalue weighted by molar-refractivity contribution is 6.07. The van der Waals surface area contributed by atoms with Gasteiger partial charge in [-0.2, -0.15) is 0 Å². The number of ether oxygens (including phenoxy) is 2. The monoisotopic (exact) mass is 356 g/mol. The minimum atomic E-state index is -0.827. The average molecular weight is 356 g/mol. The van der Waals surface area contributed by atoms with Crippen molar-refractivity contribution in [2.75, 3.05) is 23.1 Å². The van der Waals surface area contributed by atoms with E-state index < -0.39 is 12.1 Å². The van der Waals surface area contributed by atoms with Gasteiger partial charge in [0.25, 0.3) is 5.91 Å². The van der Waals surface area contributed by atoms with Crippen LogP contribution in [0.1, 0.15) is 13.8 Å². The largest absolute Gasteiger partial charge is 0.495 e. The van der Waals surface area contributed by atoms with E-state index in [2.05, 4.69) is 10.3 Å². The number of carbonyl (C=O) groups is 2. The molecule has 2 heterocycles. The van der Waals surface area contributed by atoms with Crippen LogP contribution in [0.5, 0.6) is 11.5 Å². The second-order valence-corrected chi connectivity index (χ2v) is 5.89. The van der Waals surface area contributed by atoms with Crippen molar-refractivity contribution in [3.05, 3.63) is 36.4 Å². The Balaban J connectivity index is 1.91. The van der Waals surface area contributed by atoms with Crippen LogP contribution in [0, 0.1) is 0 Å². The Bertz CT molecular complexity index is 855. The number of rotatable bonds is 4. The second kappa shape index (κ2) is 6.91. The summed E-state index contributed by atoms with van der Waals surface area (Å²) in [6, 6.07) is 9.43. The molecule has 0 aliphatic carbocycles. The van der Waals surface area contributed by atoms with Crippen molar-refractivity contribution >= 4 is 29.1 Å². The molecular weight excluding hydrogens is 336 g/mol. The average Bonchev–Trinajstić information content (AvgIpc) is 2.63. The highest BCUT2D eigenvalue weighted by Gasteiger charge is 2.38. The molecule has 1 aromatic heterocycles. The third-order valence-corrected chi connectivity index (χ3v) is 4.11. The Morgan fingerprint density at radius 3 is 2.81 bits per heavy atom. The molecule has 1 aliphatic heterocycles. The van der Waals surface area contributed by atoms with Crippen molar-refractivity contribution in [1.29, 1.82) is 0 Å². The predicted molar refractivity (Wildman–Crippen MR) is 97.3 cm³/mol. The molecule has 0 saturated carbocycles. The summed E-state index contributed by atoms with van der Waals surface area (Å²) in [5.41, 5.74) is 6.26. The predicted octanol–water partition coefficient (Wildman–Crippen LogP) is 1.81. The number of para-hydroxylation sites is 2. The fourth-order valence-electron chi connectivity index (χ4n) is 2.73. The van der Waals surface area contributed by atoms with Crippen molar-refractivity contribution in [2.24, 2.45) is 0 Å². The second-order valence-electron chi connectivity index (χ2n) is 5.89. The summed E-state index contributed by atoms with van der Waals surface area (Å²) in [5.74, 6) is 0.652. The van der Waals surface area contributed by atoms with E-state index in [1.807, 2.05) is 0 Å². The fraction of sp³-hybridized carbons (Fsp3) is 0.278. The molecule has 0 fully saturated rings. The molecule has 3 N–H and O–H groups in total. The minimum Gasteiger partial charge on any atom is -0.495 e. The first-order chi connectivity index (χ1) is 12.4. The van der Waals surface area contributed by atoms with Crippen LogP contribution < -0.4 is 25.4 Å². The molecule has 8 nitrogen and oxygen atoms in total. The van der Waals surface area contributed by atoms with Crippen LogP contribution in [0.15, 0.2) is 36.4 Å². The zero-order valence-corrected chi connectivity index (χ0v) is 14.7. The molecule has 2 amide bonds. The molecule has 2 unspecified atom stereocenters. The molecule has 2 aromatic rings. The number of nitrogens with one attached hydrogen (secondary N) is 1. The molecule has 2 atom stereocenters. The lowest BCUT2D eigenvalue weighted by Gasteiger charge is -2.35. The van der Waals surface area contributed by atoms with E-state index in [0.717, 1.165) is 0 Å². The number of hydrogen-bond donors (Lipinski definition) is 2. The van der Waals surface area contributed by atoms with Gasteiger partial charge in [-0.25, -0.2) is 4.98 Å². The number of carbonyl (C=O) groups excluding carboxylic acids is 2. The number of nitrogen functional groups attached to an aromatic ring is 1. The number of benzene rings is 1. The molecule has 0 bridgehead atoms. The summed E-state index contributed by atoms with van der Waals surface area (Å²) in [4.78, 5) is 30.9. The van der Waals surface area contributed by atoms with Gasteiger partial charge in [-0.3, -0.25) is 14.5 Å². The van der Waals surface area contributed by atoms with Gasteiger partial charge in [0.15, 0.2) is 17.7 Å². The first kappa shape index (κ1) is 17.5. The van der Waals surface area contributed by atoms with E-state index in [0.29, 0.717) is 17.2 Å². The molecule has 0 saturated heterocycles. The minimum absolute atomic E-state index is 0.232. The van der Waals surface area contributed by atoms with Crippen LogP contribution in [-0.4, -0.2) is 36.1 Å². The van der Waals surface area contributed by atoms with E-state index in [1.54, 1.807) is 50.2 Å². The van der Waals surface area contributed by atoms with E-state index in [4.69, 9.17) is 15.2 Å². The molecular formula is C18H20N4O4. The number of hydrogen-bond acceptors (Lipinski definition) is 6. The van der Waals surface area contributed by atoms with Crippen LogP contribution in [0.2, 0.25) is 0 Å². The third kappa shape index (κ3) is 3.13. The Hall–Kier alpha value is -3.29. The normalized spacial score (nSPS) is 17.1. The number of nitrogens with zero attached hydrogens (tertiary/aromatic N) is 2. The molecule has 136 valence electrons. The third-order valence-electron chi connectivity index (χ3n) is 4.11. The maximum Gasteiger partial charge on any atom is 0.269 e. The van der Waals surface area contributed by atoms with E-state index in [9.17, 15) is 9.59 Å². The highest BCUT2D eigenvalue weighted by atomic mass is 16.5. The van der Waals surface area contributed by atoms with Gasteiger partial charge in [-0.15, -0.1) is 0 Å². The zero-order valence-electron chi connectivity index (χ0n) is 14.7. The molecule has 26 heavy (non-hydrogen) atoms. The van der Waals surface area contributed by atoms with E-state index >= 15 is 0 Å². The molecule has 8 heteroatoms. The summed E-state index contributed by atoms with van der Waals surface area (Å²) < 4.78 is 10.8. The summed E-state index contributed by atoms with van der Waals surface area (Å²) in [6.07, 6.45) is -0.727. The summed E-state index contributed by atoms with van der Waals surface area (Å²) >= 11 is 0. The molecule has 1 aliphatic rings. The Kier molecular flexibility index (Phi) is 4.66. The smallest absolute Gasteiger partial charge is 0.269 e. The molecule has 1 aromatic carbocycles. The standard InChI is InChI=1S/C18H20N4O4/c1-10(17(23)20-12-6-4-5-7-13(12)25-3)22-16-14(8-9-15(19)21-16)26-11(2)18(22)24/h4-11H,1-3H3,(H2,19,21)(H,20,23). The number of nitrogens with two attached hydrogens (primary N) is 1. The lowest BCUT2D eigenvalue weighted by molar-refractivity contribution is -0.128. The Labute approximate surface area is 150 Å². The highest BCUT2D eigenvalue weighted by Crippen LogP contribution is 2.34. The summed E-state index contributed by atoms with van der Waals surface area (Å²) in [5, 5.41) is 2.78. The number of pyridine rings is 1. The Morgan fingerprint density at radius 2 is 2.08 bits per heavy atom. The van der Waals surface area contributed by atoms with Crippen molar-refractivity contribution in [3.63, 3.8) is 0 Å². The SMILES string of the molecule is COc1ccccc1NC(=O)C(C)N1C(=O)C(C)Oc2ccc(N)nc21. The van der Waals surface area contributed by atoms with Gasteiger partial charge in [0.2, 0.25) is 5.91 Å². The number of anilines is 3. The van der Waals surface area contributed by atoms with E-state index in [-0.39, 0.29) is 23.5 Å². The van der Waals surface area contributed by atoms with Gasteiger partial charge in [0, 0.05) is 0 Å². The number of methoxy groups -OCH3 is 1. The van der Waals surface area contributed by atoms with Crippen LogP contribution >= 0.6 is 0 Å². The number of fused-ring (bicyclic) bond motifs is 1. The summed E-state index contributed by atoms with van der Waals surface area (Å²) in [6.45, 7) is 3.24. The van der Waals surface area contributed by atoms with Crippen LogP contribution in [-0.2, 0) is 9.59 Å².